The van der Waals surface area contributed by atoms with Crippen molar-refractivity contribution in [2.45, 2.75) is 32.6 Å². The number of nitrogens with one attached hydrogen (secondary N) is 1. The number of aromatic nitrogens is 2. The van der Waals surface area contributed by atoms with Crippen molar-refractivity contribution in [3.8, 4) is 0 Å². The fraction of sp³-hybridized carbons (Fsp3) is 0.400. The van der Waals surface area contributed by atoms with Crippen molar-refractivity contribution in [1.82, 2.24) is 14.9 Å². The van der Waals surface area contributed by atoms with Gasteiger partial charge in [-0.3, -0.25) is 4.79 Å². The van der Waals surface area contributed by atoms with Crippen molar-refractivity contribution in [2.75, 3.05) is 37.7 Å². The standard InChI is InChI=1S/C25H31N5O/c1-17-3-6-22(25(29-17)28-16-19-10-13-30(2)14-11-19)23(31)8-5-18-4-7-21-20(15-18)9-12-27-24(21)26/h3-4,6-7,9,12,15,19H,5,8,10-11,13-14,16H2,1-2H3,(H2,26,27)(H,28,29). The summed E-state index contributed by atoms with van der Waals surface area (Å²) in [6, 6.07) is 11.9. The predicted octanol–water partition coefficient (Wildman–Crippen LogP) is 4.09. The molecule has 3 heterocycles. The van der Waals surface area contributed by atoms with Gasteiger partial charge in [-0.25, -0.2) is 9.97 Å². The smallest absolute Gasteiger partial charge is 0.166 e. The number of anilines is 2. The van der Waals surface area contributed by atoms with Crippen LogP contribution >= 0.6 is 0 Å². The Kier molecular flexibility index (Phi) is 6.47. The summed E-state index contributed by atoms with van der Waals surface area (Å²) in [5.41, 5.74) is 8.67. The Hall–Kier alpha value is -2.99. The van der Waals surface area contributed by atoms with Crippen LogP contribution in [-0.4, -0.2) is 47.3 Å². The van der Waals surface area contributed by atoms with Crippen LogP contribution in [0.2, 0.25) is 0 Å². The Bertz CT molecular complexity index is 1070. The molecule has 1 aliphatic rings. The highest BCUT2D eigenvalue weighted by Gasteiger charge is 2.18. The molecule has 1 fully saturated rings. The van der Waals surface area contributed by atoms with Crippen LogP contribution in [0.1, 0.15) is 40.9 Å². The number of hydrogen-bond donors (Lipinski definition) is 2. The van der Waals surface area contributed by atoms with E-state index in [0.29, 0.717) is 30.1 Å². The second kappa shape index (κ2) is 9.43. The Morgan fingerprint density at radius 3 is 2.81 bits per heavy atom. The molecule has 0 spiro atoms. The minimum absolute atomic E-state index is 0.118. The molecule has 0 atom stereocenters. The zero-order chi connectivity index (χ0) is 21.8. The van der Waals surface area contributed by atoms with Crippen LogP contribution in [-0.2, 0) is 6.42 Å². The van der Waals surface area contributed by atoms with E-state index in [1.807, 2.05) is 37.3 Å². The molecule has 6 heteroatoms. The molecule has 1 aromatic carbocycles. The zero-order valence-electron chi connectivity index (χ0n) is 18.4. The van der Waals surface area contributed by atoms with Crippen LogP contribution in [0, 0.1) is 12.8 Å². The highest BCUT2D eigenvalue weighted by Crippen LogP contribution is 2.23. The average Bonchev–Trinajstić information content (AvgIpc) is 2.77. The van der Waals surface area contributed by atoms with E-state index in [9.17, 15) is 4.79 Å². The van der Waals surface area contributed by atoms with Crippen molar-refractivity contribution >= 4 is 28.2 Å². The largest absolute Gasteiger partial charge is 0.383 e. The first kappa shape index (κ1) is 21.2. The SMILES string of the molecule is Cc1ccc(C(=O)CCc2ccc3c(N)nccc3c2)c(NCC2CCN(C)CC2)n1. The van der Waals surface area contributed by atoms with Crippen LogP contribution in [0.15, 0.2) is 42.6 Å². The number of fused-ring (bicyclic) bond motifs is 1. The molecule has 1 aliphatic heterocycles. The molecule has 0 saturated carbocycles. The molecule has 1 saturated heterocycles. The van der Waals surface area contributed by atoms with Crippen LogP contribution in [0.3, 0.4) is 0 Å². The summed E-state index contributed by atoms with van der Waals surface area (Å²) in [4.78, 5) is 24.2. The monoisotopic (exact) mass is 417 g/mol. The molecule has 6 nitrogen and oxygen atoms in total. The van der Waals surface area contributed by atoms with Gasteiger partial charge < -0.3 is 16.0 Å². The van der Waals surface area contributed by atoms with Gasteiger partial charge in [-0.15, -0.1) is 0 Å². The second-order valence-electron chi connectivity index (χ2n) is 8.65. The number of ketones is 1. The number of carbonyl (C=O) groups excluding carboxylic acids is 1. The molecular formula is C25H31N5O. The van der Waals surface area contributed by atoms with Gasteiger partial charge >= 0.3 is 0 Å². The first-order chi connectivity index (χ1) is 15.0. The van der Waals surface area contributed by atoms with Crippen molar-refractivity contribution in [1.29, 1.82) is 0 Å². The van der Waals surface area contributed by atoms with Crippen LogP contribution in [0.4, 0.5) is 11.6 Å². The quantitative estimate of drug-likeness (QED) is 0.563. The molecule has 0 amide bonds. The number of nitrogen functional groups attached to an aromatic ring is 1. The molecule has 2 aromatic heterocycles. The average molecular weight is 418 g/mol. The maximum atomic E-state index is 13.0. The Labute approximate surface area is 183 Å². The van der Waals surface area contributed by atoms with Crippen LogP contribution < -0.4 is 11.1 Å². The lowest BCUT2D eigenvalue weighted by atomic mass is 9.97. The van der Waals surface area contributed by atoms with Crippen molar-refractivity contribution < 1.29 is 4.79 Å². The molecule has 31 heavy (non-hydrogen) atoms. The van der Waals surface area contributed by atoms with Gasteiger partial charge in [0.15, 0.2) is 5.78 Å². The number of carbonyl (C=O) groups is 1. The highest BCUT2D eigenvalue weighted by atomic mass is 16.1. The van der Waals surface area contributed by atoms with E-state index >= 15 is 0 Å². The molecule has 4 rings (SSSR count). The number of nitrogens with zero attached hydrogens (tertiary/aromatic N) is 3. The fourth-order valence-electron chi connectivity index (χ4n) is 4.22. The van der Waals surface area contributed by atoms with Crippen LogP contribution in [0.25, 0.3) is 10.8 Å². The van der Waals surface area contributed by atoms with Gasteiger partial charge in [-0.2, -0.15) is 0 Å². The number of pyridine rings is 2. The number of piperidine rings is 1. The van der Waals surface area contributed by atoms with E-state index in [4.69, 9.17) is 5.73 Å². The van der Waals surface area contributed by atoms with Crippen molar-refractivity contribution in [3.05, 3.63) is 59.4 Å². The maximum Gasteiger partial charge on any atom is 0.166 e. The Morgan fingerprint density at radius 1 is 1.19 bits per heavy atom. The second-order valence-corrected chi connectivity index (χ2v) is 8.65. The van der Waals surface area contributed by atoms with Crippen molar-refractivity contribution in [3.63, 3.8) is 0 Å². The van der Waals surface area contributed by atoms with Gasteiger partial charge in [-0.1, -0.05) is 18.2 Å². The molecule has 162 valence electrons. The molecular weight excluding hydrogens is 386 g/mol. The van der Waals surface area contributed by atoms with Gasteiger partial charge in [0.2, 0.25) is 0 Å². The minimum atomic E-state index is 0.118. The number of rotatable bonds is 7. The summed E-state index contributed by atoms with van der Waals surface area (Å²) >= 11 is 0. The normalized spacial score (nSPS) is 15.3. The van der Waals surface area contributed by atoms with Crippen molar-refractivity contribution in [2.24, 2.45) is 5.92 Å². The number of aryl methyl sites for hydroxylation is 2. The topological polar surface area (TPSA) is 84.1 Å². The molecule has 3 N–H and O–H groups in total. The van der Waals surface area contributed by atoms with E-state index < -0.39 is 0 Å². The van der Waals surface area contributed by atoms with Gasteiger partial charge in [0.25, 0.3) is 0 Å². The number of hydrogen-bond acceptors (Lipinski definition) is 6. The number of Topliss-reactive ketones (excluding diaryl/α,β-unsaturated/α-hetero) is 1. The fourth-order valence-corrected chi connectivity index (χ4v) is 4.22. The maximum absolute atomic E-state index is 13.0. The Balaban J connectivity index is 1.42. The zero-order valence-corrected chi connectivity index (χ0v) is 18.4. The Morgan fingerprint density at radius 2 is 2.00 bits per heavy atom. The molecule has 0 aliphatic carbocycles. The van der Waals surface area contributed by atoms with E-state index in [1.165, 1.54) is 12.8 Å². The molecule has 3 aromatic rings. The summed E-state index contributed by atoms with van der Waals surface area (Å²) in [5, 5.41) is 5.47. The van der Waals surface area contributed by atoms with Gasteiger partial charge in [-0.05, 0) is 81.4 Å². The lowest BCUT2D eigenvalue weighted by Crippen LogP contribution is -2.33. The third-order valence-electron chi connectivity index (χ3n) is 6.23. The lowest BCUT2D eigenvalue weighted by molar-refractivity contribution is 0.0983. The summed E-state index contributed by atoms with van der Waals surface area (Å²) in [5.74, 6) is 2.00. The third kappa shape index (κ3) is 5.20. The molecule has 0 radical (unpaired) electrons. The van der Waals surface area contributed by atoms with Gasteiger partial charge in [0, 0.05) is 30.2 Å². The molecule has 0 bridgehead atoms. The van der Waals surface area contributed by atoms with Gasteiger partial charge in [0.05, 0.1) is 5.56 Å². The van der Waals surface area contributed by atoms with E-state index in [0.717, 1.165) is 47.5 Å². The highest BCUT2D eigenvalue weighted by molar-refractivity contribution is 6.00. The molecule has 0 unspecified atom stereocenters. The number of likely N-dealkylation sites (tertiary alicyclic amines) is 1. The first-order valence-corrected chi connectivity index (χ1v) is 11.1. The van der Waals surface area contributed by atoms with Crippen LogP contribution in [0.5, 0.6) is 0 Å². The van der Waals surface area contributed by atoms with E-state index in [-0.39, 0.29) is 5.78 Å². The summed E-state index contributed by atoms with van der Waals surface area (Å²) in [6.45, 7) is 5.09. The lowest BCUT2D eigenvalue weighted by Gasteiger charge is -2.29. The summed E-state index contributed by atoms with van der Waals surface area (Å²) in [6.07, 6.45) is 5.20. The third-order valence-corrected chi connectivity index (χ3v) is 6.23. The number of nitrogens with two attached hydrogens (primary N) is 1. The van der Waals surface area contributed by atoms with E-state index in [1.54, 1.807) is 6.20 Å². The van der Waals surface area contributed by atoms with E-state index in [2.05, 4.69) is 33.3 Å². The predicted molar refractivity (Wildman–Crippen MR) is 126 cm³/mol. The summed E-state index contributed by atoms with van der Waals surface area (Å²) in [7, 11) is 2.17. The minimum Gasteiger partial charge on any atom is -0.383 e. The number of benzene rings is 1. The van der Waals surface area contributed by atoms with Gasteiger partial charge in [0.1, 0.15) is 11.6 Å². The summed E-state index contributed by atoms with van der Waals surface area (Å²) < 4.78 is 0. The first-order valence-electron chi connectivity index (χ1n) is 11.1.